The molecule has 0 aromatic heterocycles. The topological polar surface area (TPSA) is 148 Å². The van der Waals surface area contributed by atoms with Crippen molar-refractivity contribution in [3.05, 3.63) is 29.8 Å². The third kappa shape index (κ3) is 7.00. The molecular formula is C23H32N4O5S. The van der Waals surface area contributed by atoms with Gasteiger partial charge in [-0.15, -0.1) is 0 Å². The maximum Gasteiger partial charge on any atom is 0.294 e. The molecule has 1 aromatic carbocycles. The molecule has 2 bridgehead atoms. The van der Waals surface area contributed by atoms with E-state index in [0.29, 0.717) is 24.9 Å². The van der Waals surface area contributed by atoms with Crippen molar-refractivity contribution in [1.29, 1.82) is 5.26 Å². The van der Waals surface area contributed by atoms with Crippen LogP contribution in [0.25, 0.3) is 0 Å². The van der Waals surface area contributed by atoms with Crippen LogP contribution in [0.15, 0.2) is 29.2 Å². The van der Waals surface area contributed by atoms with E-state index < -0.39 is 16.2 Å². The summed E-state index contributed by atoms with van der Waals surface area (Å²) < 4.78 is 29.6. The van der Waals surface area contributed by atoms with Gasteiger partial charge in [0.15, 0.2) is 0 Å². The number of nitrogens with one attached hydrogen (secondary N) is 3. The van der Waals surface area contributed by atoms with E-state index in [-0.39, 0.29) is 28.7 Å². The lowest BCUT2D eigenvalue weighted by Gasteiger charge is -2.42. The van der Waals surface area contributed by atoms with Crippen LogP contribution in [0.3, 0.4) is 0 Å². The highest BCUT2D eigenvalue weighted by Gasteiger charge is 2.39. The van der Waals surface area contributed by atoms with Crippen LogP contribution >= 0.6 is 0 Å². The highest BCUT2D eigenvalue weighted by atomic mass is 32.2. The predicted octanol–water partition coefficient (Wildman–Crippen LogP) is 1.68. The van der Waals surface area contributed by atoms with Crippen molar-refractivity contribution >= 4 is 21.9 Å². The Morgan fingerprint density at radius 3 is 2.39 bits per heavy atom. The maximum absolute atomic E-state index is 12.5. The van der Waals surface area contributed by atoms with Crippen molar-refractivity contribution in [2.45, 2.75) is 74.9 Å². The summed E-state index contributed by atoms with van der Waals surface area (Å²) in [5.74, 6) is 0.171. The average Bonchev–Trinajstić information content (AvgIpc) is 2.80. The first kappa shape index (κ1) is 25.1. The average molecular weight is 477 g/mol. The second-order valence-electron chi connectivity index (χ2n) is 9.10. The van der Waals surface area contributed by atoms with E-state index in [1.165, 1.54) is 12.1 Å². The number of nitriles is 1. The van der Waals surface area contributed by atoms with Crippen LogP contribution in [0.4, 0.5) is 0 Å². The van der Waals surface area contributed by atoms with Crippen LogP contribution in [-0.2, 0) is 19.7 Å². The van der Waals surface area contributed by atoms with Crippen LogP contribution in [0.1, 0.15) is 50.5 Å². The lowest BCUT2D eigenvalue weighted by molar-refractivity contribution is -0.129. The van der Waals surface area contributed by atoms with Crippen LogP contribution in [0.2, 0.25) is 0 Å². The highest BCUT2D eigenvalue weighted by molar-refractivity contribution is 7.85. The SMILES string of the molecule is Cc1ccc(S(=O)(=O)O)cc1.N#C[C@H](C[C@@H]1CCCNC1=O)NC(=O)[C@@H]1NC2CCC1CC2. The standard InChI is InChI=1S/C16H24N4O2.C7H8O3S/c17-9-13(8-11-2-1-7-18-15(11)21)20-16(22)14-10-3-5-12(19-14)6-4-10;1-6-2-4-7(5-3-6)11(8,9)10/h10-14,19H,1-8H2,(H,18,21)(H,20,22);2-5H,1H3,(H,8,9,10)/t10?,11-,12?,13-,14+;/m0./s1. The molecule has 0 spiro atoms. The van der Waals surface area contributed by atoms with E-state index in [1.54, 1.807) is 12.1 Å². The summed E-state index contributed by atoms with van der Waals surface area (Å²) in [6, 6.07) is 7.84. The highest BCUT2D eigenvalue weighted by Crippen LogP contribution is 2.33. The molecule has 180 valence electrons. The minimum Gasteiger partial charge on any atom is -0.356 e. The lowest BCUT2D eigenvalue weighted by Crippen LogP contribution is -2.59. The normalized spacial score (nSPS) is 27.4. The molecule has 1 saturated carbocycles. The van der Waals surface area contributed by atoms with Crippen LogP contribution in [0, 0.1) is 30.1 Å². The number of carbonyl (C=O) groups excluding carboxylic acids is 2. The van der Waals surface area contributed by atoms with Crippen molar-refractivity contribution in [2.24, 2.45) is 11.8 Å². The van der Waals surface area contributed by atoms with Gasteiger partial charge in [0.2, 0.25) is 11.8 Å². The molecule has 1 aliphatic carbocycles. The Balaban J connectivity index is 0.000000235. The van der Waals surface area contributed by atoms with E-state index in [0.717, 1.165) is 44.1 Å². The summed E-state index contributed by atoms with van der Waals surface area (Å²) in [5.41, 5.74) is 0.956. The van der Waals surface area contributed by atoms with Crippen molar-refractivity contribution < 1.29 is 22.6 Å². The molecule has 9 nitrogen and oxygen atoms in total. The molecule has 3 saturated heterocycles. The first-order valence-electron chi connectivity index (χ1n) is 11.4. The van der Waals surface area contributed by atoms with Gasteiger partial charge in [0.1, 0.15) is 6.04 Å². The molecule has 33 heavy (non-hydrogen) atoms. The maximum atomic E-state index is 12.5. The van der Waals surface area contributed by atoms with Gasteiger partial charge in [0.25, 0.3) is 10.1 Å². The zero-order chi connectivity index (χ0) is 24.0. The minimum atomic E-state index is -4.02. The molecule has 4 aliphatic rings. The summed E-state index contributed by atoms with van der Waals surface area (Å²) >= 11 is 0. The second-order valence-corrected chi connectivity index (χ2v) is 10.5. The van der Waals surface area contributed by atoms with Gasteiger partial charge in [-0.3, -0.25) is 14.1 Å². The van der Waals surface area contributed by atoms with E-state index in [9.17, 15) is 23.3 Å². The van der Waals surface area contributed by atoms with Gasteiger partial charge in [0.05, 0.1) is 17.0 Å². The third-order valence-corrected chi connectivity index (χ3v) is 7.52. The monoisotopic (exact) mass is 476 g/mol. The largest absolute Gasteiger partial charge is 0.356 e. The van der Waals surface area contributed by atoms with Crippen molar-refractivity contribution in [1.82, 2.24) is 16.0 Å². The Labute approximate surface area is 195 Å². The summed E-state index contributed by atoms with van der Waals surface area (Å²) in [5, 5.41) is 18.4. The fourth-order valence-corrected chi connectivity index (χ4v) is 5.24. The molecule has 3 atom stereocenters. The van der Waals surface area contributed by atoms with E-state index in [2.05, 4.69) is 22.0 Å². The molecule has 1 aromatic rings. The molecule has 10 heteroatoms. The number of carbonyl (C=O) groups is 2. The van der Waals surface area contributed by atoms with Gasteiger partial charge in [-0.05, 0) is 69.9 Å². The second kappa shape index (κ2) is 11.1. The molecule has 2 amide bonds. The molecule has 4 N–H and O–H groups in total. The summed E-state index contributed by atoms with van der Waals surface area (Å²) in [6.45, 7) is 2.56. The molecule has 5 rings (SSSR count). The minimum absolute atomic E-state index is 0.00981. The van der Waals surface area contributed by atoms with E-state index in [1.807, 2.05) is 6.92 Å². The van der Waals surface area contributed by atoms with Gasteiger partial charge in [-0.25, -0.2) is 0 Å². The van der Waals surface area contributed by atoms with Gasteiger partial charge in [0, 0.05) is 18.5 Å². The van der Waals surface area contributed by atoms with Crippen molar-refractivity contribution in [3.8, 4) is 6.07 Å². The van der Waals surface area contributed by atoms with Crippen LogP contribution in [0.5, 0.6) is 0 Å². The van der Waals surface area contributed by atoms with Crippen LogP contribution in [-0.4, -0.2) is 49.5 Å². The number of nitrogens with zero attached hydrogens (tertiary/aromatic N) is 1. The summed E-state index contributed by atoms with van der Waals surface area (Å²) in [7, 11) is -4.02. The number of hydrogen-bond acceptors (Lipinski definition) is 6. The van der Waals surface area contributed by atoms with Gasteiger partial charge in [-0.2, -0.15) is 13.7 Å². The Bertz CT molecular complexity index is 981. The predicted molar refractivity (Wildman–Crippen MR) is 122 cm³/mol. The quantitative estimate of drug-likeness (QED) is 0.473. The van der Waals surface area contributed by atoms with Crippen molar-refractivity contribution in [3.63, 3.8) is 0 Å². The number of hydrogen-bond donors (Lipinski definition) is 4. The molecule has 0 radical (unpaired) electrons. The summed E-state index contributed by atoms with van der Waals surface area (Å²) in [6.07, 6.45) is 6.64. The Hall–Kier alpha value is -2.48. The fourth-order valence-electron chi connectivity index (χ4n) is 4.76. The van der Waals surface area contributed by atoms with Gasteiger partial charge in [-0.1, -0.05) is 17.7 Å². The molecule has 0 unspecified atom stereocenters. The number of benzene rings is 1. The zero-order valence-corrected chi connectivity index (χ0v) is 19.6. The molecular weight excluding hydrogens is 444 g/mol. The van der Waals surface area contributed by atoms with Crippen LogP contribution < -0.4 is 16.0 Å². The third-order valence-electron chi connectivity index (χ3n) is 6.65. The number of rotatable bonds is 5. The first-order valence-corrected chi connectivity index (χ1v) is 12.9. The number of piperidine rings is 3. The van der Waals surface area contributed by atoms with Gasteiger partial charge >= 0.3 is 0 Å². The summed E-state index contributed by atoms with van der Waals surface area (Å²) in [4.78, 5) is 24.2. The molecule has 3 heterocycles. The Morgan fingerprint density at radius 1 is 1.21 bits per heavy atom. The van der Waals surface area contributed by atoms with Crippen molar-refractivity contribution in [2.75, 3.05) is 6.54 Å². The number of amides is 2. The lowest BCUT2D eigenvalue weighted by atomic mass is 9.76. The number of aryl methyl sites for hydroxylation is 1. The zero-order valence-electron chi connectivity index (χ0n) is 18.8. The van der Waals surface area contributed by atoms with E-state index in [4.69, 9.17) is 4.55 Å². The Morgan fingerprint density at radius 2 is 1.88 bits per heavy atom. The molecule has 4 fully saturated rings. The first-order chi connectivity index (χ1) is 15.7. The molecule has 3 aliphatic heterocycles. The van der Waals surface area contributed by atoms with E-state index >= 15 is 0 Å². The van der Waals surface area contributed by atoms with Gasteiger partial charge < -0.3 is 16.0 Å². The Kier molecular flexibility index (Phi) is 8.46. The fraction of sp³-hybridized carbons (Fsp3) is 0.609. The number of fused-ring (bicyclic) bond motifs is 3. The smallest absolute Gasteiger partial charge is 0.294 e.